The van der Waals surface area contributed by atoms with Gasteiger partial charge in [-0.05, 0) is 50.6 Å². The van der Waals surface area contributed by atoms with Gasteiger partial charge in [0, 0.05) is 42.7 Å². The number of amides is 1. The smallest absolute Gasteiger partial charge is 0.410 e. The molecular weight excluding hydrogens is 425 g/mol. The number of ether oxygens (including phenoxy) is 2. The van der Waals surface area contributed by atoms with Crippen LogP contribution in [0.1, 0.15) is 32.0 Å². The molecule has 4 rings (SSSR count). The van der Waals surface area contributed by atoms with Gasteiger partial charge in [-0.3, -0.25) is 0 Å². The van der Waals surface area contributed by atoms with Crippen LogP contribution >= 0.6 is 0 Å². The predicted molar refractivity (Wildman–Crippen MR) is 123 cm³/mol. The Labute approximate surface area is 191 Å². The van der Waals surface area contributed by atoms with Crippen LogP contribution < -0.4 is 15.8 Å². The number of aromatic nitrogens is 2. The van der Waals surface area contributed by atoms with Crippen molar-refractivity contribution in [3.63, 3.8) is 0 Å². The summed E-state index contributed by atoms with van der Waals surface area (Å²) in [4.78, 5) is 23.0. The normalized spacial score (nSPS) is 13.3. The Kier molecular flexibility index (Phi) is 6.04. The summed E-state index contributed by atoms with van der Waals surface area (Å²) >= 11 is 0. The molecule has 0 bridgehead atoms. The maximum atomic E-state index is 14.0. The summed E-state index contributed by atoms with van der Waals surface area (Å²) in [6.07, 6.45) is 1.86. The summed E-state index contributed by atoms with van der Waals surface area (Å²) in [5.41, 5.74) is 7.25. The average Bonchev–Trinajstić information content (AvgIpc) is 2.74. The molecule has 1 aliphatic heterocycles. The van der Waals surface area contributed by atoms with Crippen LogP contribution in [-0.2, 0) is 17.7 Å². The van der Waals surface area contributed by atoms with Gasteiger partial charge in [-0.1, -0.05) is 6.07 Å². The van der Waals surface area contributed by atoms with Crippen molar-refractivity contribution in [1.29, 1.82) is 0 Å². The number of carbonyl (C=O) groups is 1. The molecule has 3 N–H and O–H groups in total. The molecule has 0 radical (unpaired) electrons. The SMILES string of the molecule is CC(C)(C)OC(=O)N1CCc2nc(Nc3cc(Oc4ccc(N)cc4F)ccn3)ccc2C1. The van der Waals surface area contributed by atoms with E-state index >= 15 is 0 Å². The molecule has 3 heterocycles. The first kappa shape index (κ1) is 22.3. The Morgan fingerprint density at radius 1 is 1.15 bits per heavy atom. The second-order valence-electron chi connectivity index (χ2n) is 8.75. The van der Waals surface area contributed by atoms with Gasteiger partial charge in [0.05, 0.1) is 6.54 Å². The molecule has 9 heteroatoms. The number of rotatable bonds is 4. The Morgan fingerprint density at radius 2 is 1.97 bits per heavy atom. The third-order valence-electron chi connectivity index (χ3n) is 4.87. The molecule has 0 spiro atoms. The number of pyridine rings is 2. The lowest BCUT2D eigenvalue weighted by Crippen LogP contribution is -2.40. The van der Waals surface area contributed by atoms with Crippen LogP contribution in [0.4, 0.5) is 26.5 Å². The number of nitrogens with one attached hydrogen (secondary N) is 1. The maximum Gasteiger partial charge on any atom is 0.410 e. The van der Waals surface area contributed by atoms with E-state index < -0.39 is 11.4 Å². The van der Waals surface area contributed by atoms with Crippen LogP contribution in [0.2, 0.25) is 0 Å². The summed E-state index contributed by atoms with van der Waals surface area (Å²) < 4.78 is 25.1. The van der Waals surface area contributed by atoms with Crippen molar-refractivity contribution in [1.82, 2.24) is 14.9 Å². The van der Waals surface area contributed by atoms with Gasteiger partial charge in [0.15, 0.2) is 11.6 Å². The lowest BCUT2D eigenvalue weighted by atomic mass is 10.1. The van der Waals surface area contributed by atoms with Crippen LogP contribution in [0, 0.1) is 5.82 Å². The molecule has 172 valence electrons. The lowest BCUT2D eigenvalue weighted by Gasteiger charge is -2.30. The summed E-state index contributed by atoms with van der Waals surface area (Å²) in [5, 5.41) is 3.15. The molecule has 8 nitrogen and oxygen atoms in total. The summed E-state index contributed by atoms with van der Waals surface area (Å²) in [5.74, 6) is 1.06. The van der Waals surface area contributed by atoms with E-state index in [1.807, 2.05) is 32.9 Å². The quantitative estimate of drug-likeness (QED) is 0.537. The number of carbonyl (C=O) groups excluding carboxylic acids is 1. The van der Waals surface area contributed by atoms with Crippen LogP contribution in [0.15, 0.2) is 48.7 Å². The number of hydrogen-bond donors (Lipinski definition) is 2. The van der Waals surface area contributed by atoms with Crippen molar-refractivity contribution in [2.24, 2.45) is 0 Å². The third kappa shape index (κ3) is 5.68. The molecule has 0 fully saturated rings. The predicted octanol–water partition coefficient (Wildman–Crippen LogP) is 5.03. The largest absolute Gasteiger partial charge is 0.454 e. The average molecular weight is 452 g/mol. The molecule has 0 saturated heterocycles. The zero-order valence-corrected chi connectivity index (χ0v) is 18.8. The van der Waals surface area contributed by atoms with E-state index in [0.29, 0.717) is 42.6 Å². The van der Waals surface area contributed by atoms with Crippen molar-refractivity contribution >= 4 is 23.4 Å². The third-order valence-corrected chi connectivity index (χ3v) is 4.87. The highest BCUT2D eigenvalue weighted by Gasteiger charge is 2.26. The van der Waals surface area contributed by atoms with Crippen molar-refractivity contribution in [2.45, 2.75) is 39.3 Å². The summed E-state index contributed by atoms with van der Waals surface area (Å²) in [6, 6.07) is 11.3. The number of nitrogens with zero attached hydrogens (tertiary/aromatic N) is 3. The Morgan fingerprint density at radius 3 is 2.73 bits per heavy atom. The zero-order valence-electron chi connectivity index (χ0n) is 18.8. The molecule has 33 heavy (non-hydrogen) atoms. The van der Waals surface area contributed by atoms with E-state index in [0.717, 1.165) is 11.3 Å². The molecule has 0 saturated carbocycles. The molecule has 2 aromatic heterocycles. The first-order valence-electron chi connectivity index (χ1n) is 10.6. The highest BCUT2D eigenvalue weighted by Crippen LogP contribution is 2.28. The first-order chi connectivity index (χ1) is 15.7. The van der Waals surface area contributed by atoms with Crippen LogP contribution in [0.5, 0.6) is 11.5 Å². The van der Waals surface area contributed by atoms with Gasteiger partial charge in [0.2, 0.25) is 0 Å². The van der Waals surface area contributed by atoms with E-state index in [4.69, 9.17) is 15.2 Å². The standard InChI is InChI=1S/C24H26FN5O3/c1-24(2,3)33-23(31)30-11-9-19-15(14-30)4-7-21(28-19)29-22-13-17(8-10-27-22)32-20-6-5-16(26)12-18(20)25/h4-8,10,12-13H,9,11,14,26H2,1-3H3,(H,27,28,29). The molecule has 0 atom stereocenters. The minimum Gasteiger partial charge on any atom is -0.454 e. The molecule has 0 aliphatic carbocycles. The Balaban J connectivity index is 1.43. The van der Waals surface area contributed by atoms with E-state index in [1.54, 1.807) is 29.3 Å². The number of nitrogens with two attached hydrogens (primary N) is 1. The lowest BCUT2D eigenvalue weighted by molar-refractivity contribution is 0.0223. The van der Waals surface area contributed by atoms with Crippen molar-refractivity contribution in [3.8, 4) is 11.5 Å². The highest BCUT2D eigenvalue weighted by molar-refractivity contribution is 5.68. The van der Waals surface area contributed by atoms with E-state index in [1.165, 1.54) is 12.1 Å². The fraction of sp³-hybridized carbons (Fsp3) is 0.292. The highest BCUT2D eigenvalue weighted by atomic mass is 19.1. The zero-order chi connectivity index (χ0) is 23.6. The van der Waals surface area contributed by atoms with Gasteiger partial charge in [-0.15, -0.1) is 0 Å². The van der Waals surface area contributed by atoms with E-state index in [-0.39, 0.29) is 11.8 Å². The van der Waals surface area contributed by atoms with Gasteiger partial charge in [0.1, 0.15) is 23.0 Å². The number of benzene rings is 1. The van der Waals surface area contributed by atoms with Gasteiger partial charge >= 0.3 is 6.09 Å². The minimum absolute atomic E-state index is 0.0720. The van der Waals surface area contributed by atoms with Gasteiger partial charge < -0.3 is 25.4 Å². The molecule has 1 aliphatic rings. The van der Waals surface area contributed by atoms with Gasteiger partial charge in [-0.2, -0.15) is 0 Å². The topological polar surface area (TPSA) is 103 Å². The number of anilines is 3. The molecule has 0 unspecified atom stereocenters. The van der Waals surface area contributed by atoms with Crippen LogP contribution in [0.3, 0.4) is 0 Å². The van der Waals surface area contributed by atoms with Crippen LogP contribution in [-0.4, -0.2) is 33.1 Å². The fourth-order valence-electron chi connectivity index (χ4n) is 3.37. The molecule has 1 amide bonds. The van der Waals surface area contributed by atoms with Crippen molar-refractivity contribution in [2.75, 3.05) is 17.6 Å². The minimum atomic E-state index is -0.543. The van der Waals surface area contributed by atoms with Crippen molar-refractivity contribution in [3.05, 3.63) is 65.7 Å². The van der Waals surface area contributed by atoms with Crippen molar-refractivity contribution < 1.29 is 18.7 Å². The molecule has 1 aromatic carbocycles. The second-order valence-corrected chi connectivity index (χ2v) is 8.75. The van der Waals surface area contributed by atoms with E-state index in [2.05, 4.69) is 15.3 Å². The molecular formula is C24H26FN5O3. The van der Waals surface area contributed by atoms with Crippen LogP contribution in [0.25, 0.3) is 0 Å². The first-order valence-corrected chi connectivity index (χ1v) is 10.6. The Hall–Kier alpha value is -3.88. The number of fused-ring (bicyclic) bond motifs is 1. The van der Waals surface area contributed by atoms with E-state index in [9.17, 15) is 9.18 Å². The fourth-order valence-corrected chi connectivity index (χ4v) is 3.37. The van der Waals surface area contributed by atoms with Gasteiger partial charge in [0.25, 0.3) is 0 Å². The summed E-state index contributed by atoms with van der Waals surface area (Å²) in [6.45, 7) is 6.53. The Bertz CT molecular complexity index is 1180. The molecule has 3 aromatic rings. The second kappa shape index (κ2) is 8.93. The number of halogens is 1. The van der Waals surface area contributed by atoms with Gasteiger partial charge in [-0.25, -0.2) is 19.2 Å². The maximum absolute atomic E-state index is 14.0. The number of hydrogen-bond acceptors (Lipinski definition) is 7. The number of nitrogen functional groups attached to an aromatic ring is 1. The monoisotopic (exact) mass is 451 g/mol. The summed E-state index contributed by atoms with van der Waals surface area (Å²) in [7, 11) is 0.